The van der Waals surface area contributed by atoms with E-state index in [0.717, 1.165) is 5.92 Å². The van der Waals surface area contributed by atoms with Crippen molar-refractivity contribution >= 4 is 11.3 Å². The smallest absolute Gasteiger partial charge is 0.0984 e. The van der Waals surface area contributed by atoms with Gasteiger partial charge >= 0.3 is 0 Å². The maximum absolute atomic E-state index is 4.94. The third kappa shape index (κ3) is 2.17. The molecule has 0 radical (unpaired) electrons. The van der Waals surface area contributed by atoms with Crippen LogP contribution in [0.2, 0.25) is 0 Å². The first-order valence-corrected chi connectivity index (χ1v) is 7.21. The molecule has 1 aliphatic carbocycles. The van der Waals surface area contributed by atoms with Crippen LogP contribution >= 0.6 is 11.3 Å². The highest BCUT2D eigenvalue weighted by Crippen LogP contribution is 2.41. The van der Waals surface area contributed by atoms with Crippen LogP contribution in [0.5, 0.6) is 0 Å². The fourth-order valence-electron chi connectivity index (χ4n) is 2.42. The quantitative estimate of drug-likeness (QED) is 0.700. The number of hydrogen-bond acceptors (Lipinski definition) is 2. The van der Waals surface area contributed by atoms with Gasteiger partial charge in [0.15, 0.2) is 0 Å². The van der Waals surface area contributed by atoms with E-state index in [9.17, 15) is 0 Å². The molecule has 16 heavy (non-hydrogen) atoms. The molecule has 0 bridgehead atoms. The standard InChI is InChI=1S/C14H23NS/c1-9(2)10-7-6-8-11-12(10)15-13(16-11)14(3,4)5/h9-10H,6-8H2,1-5H3. The molecule has 0 saturated carbocycles. The van der Waals surface area contributed by atoms with Gasteiger partial charge in [-0.3, -0.25) is 0 Å². The van der Waals surface area contributed by atoms with Gasteiger partial charge in [-0.25, -0.2) is 4.98 Å². The van der Waals surface area contributed by atoms with Gasteiger partial charge in [0, 0.05) is 16.2 Å². The molecular weight excluding hydrogens is 214 g/mol. The number of thiazole rings is 1. The summed E-state index contributed by atoms with van der Waals surface area (Å²) in [5.41, 5.74) is 1.64. The molecular formula is C14H23NS. The summed E-state index contributed by atoms with van der Waals surface area (Å²) in [5.74, 6) is 1.44. The van der Waals surface area contributed by atoms with Crippen molar-refractivity contribution in [1.82, 2.24) is 4.98 Å². The minimum absolute atomic E-state index is 0.212. The van der Waals surface area contributed by atoms with Crippen LogP contribution in [0.1, 0.15) is 69.0 Å². The Morgan fingerprint density at radius 1 is 1.31 bits per heavy atom. The number of hydrogen-bond donors (Lipinski definition) is 0. The number of aryl methyl sites for hydroxylation is 1. The van der Waals surface area contributed by atoms with E-state index in [1.54, 1.807) is 4.88 Å². The first kappa shape index (κ1) is 12.1. The second-order valence-electron chi connectivity index (χ2n) is 6.32. The zero-order chi connectivity index (χ0) is 11.9. The molecule has 1 unspecified atom stereocenters. The van der Waals surface area contributed by atoms with E-state index in [1.165, 1.54) is 30.0 Å². The van der Waals surface area contributed by atoms with Crippen molar-refractivity contribution in [3.8, 4) is 0 Å². The van der Waals surface area contributed by atoms with E-state index in [2.05, 4.69) is 34.6 Å². The lowest BCUT2D eigenvalue weighted by atomic mass is 9.83. The van der Waals surface area contributed by atoms with Gasteiger partial charge < -0.3 is 0 Å². The summed E-state index contributed by atoms with van der Waals surface area (Å²) in [6, 6.07) is 0. The van der Waals surface area contributed by atoms with E-state index in [1.807, 2.05) is 11.3 Å². The minimum atomic E-state index is 0.212. The molecule has 1 aliphatic rings. The summed E-state index contributed by atoms with van der Waals surface area (Å²) in [6.07, 6.45) is 3.94. The molecule has 0 amide bonds. The van der Waals surface area contributed by atoms with Crippen molar-refractivity contribution in [2.75, 3.05) is 0 Å². The molecule has 1 atom stereocenters. The van der Waals surface area contributed by atoms with Gasteiger partial charge in [-0.15, -0.1) is 11.3 Å². The molecule has 1 heterocycles. The molecule has 0 aromatic carbocycles. The molecule has 0 fully saturated rings. The van der Waals surface area contributed by atoms with Crippen molar-refractivity contribution in [3.63, 3.8) is 0 Å². The van der Waals surface area contributed by atoms with Crippen LogP contribution in [0, 0.1) is 5.92 Å². The zero-order valence-electron chi connectivity index (χ0n) is 11.1. The Bertz CT molecular complexity index is 371. The van der Waals surface area contributed by atoms with Gasteiger partial charge in [-0.1, -0.05) is 34.6 Å². The summed E-state index contributed by atoms with van der Waals surface area (Å²) in [4.78, 5) is 6.51. The molecule has 1 aromatic rings. The van der Waals surface area contributed by atoms with Crippen LogP contribution < -0.4 is 0 Å². The number of nitrogens with zero attached hydrogens (tertiary/aromatic N) is 1. The molecule has 1 nitrogen and oxygen atoms in total. The molecule has 2 rings (SSSR count). The molecule has 0 aliphatic heterocycles. The molecule has 1 aromatic heterocycles. The second kappa shape index (κ2) is 4.14. The summed E-state index contributed by atoms with van der Waals surface area (Å²) in [5, 5.41) is 1.32. The highest BCUT2D eigenvalue weighted by Gasteiger charge is 2.29. The predicted octanol–water partition coefficient (Wildman–Crippen LogP) is 4.52. The normalized spacial score (nSPS) is 21.2. The van der Waals surface area contributed by atoms with Gasteiger partial charge in [0.2, 0.25) is 0 Å². The first-order valence-electron chi connectivity index (χ1n) is 6.39. The van der Waals surface area contributed by atoms with E-state index < -0.39 is 0 Å². The number of rotatable bonds is 1. The van der Waals surface area contributed by atoms with Crippen LogP contribution in [-0.4, -0.2) is 4.98 Å². The van der Waals surface area contributed by atoms with Crippen LogP contribution in [0.25, 0.3) is 0 Å². The first-order chi connectivity index (χ1) is 7.39. The average molecular weight is 237 g/mol. The van der Waals surface area contributed by atoms with Crippen LogP contribution in [0.3, 0.4) is 0 Å². The molecule has 0 saturated heterocycles. The van der Waals surface area contributed by atoms with Crippen LogP contribution in [0.15, 0.2) is 0 Å². The van der Waals surface area contributed by atoms with E-state index in [0.29, 0.717) is 5.92 Å². The Kier molecular flexibility index (Phi) is 3.13. The lowest BCUT2D eigenvalue weighted by molar-refractivity contribution is 0.425. The van der Waals surface area contributed by atoms with E-state index >= 15 is 0 Å². The highest BCUT2D eigenvalue weighted by atomic mass is 32.1. The van der Waals surface area contributed by atoms with Gasteiger partial charge in [0.1, 0.15) is 0 Å². The van der Waals surface area contributed by atoms with E-state index in [4.69, 9.17) is 4.98 Å². The van der Waals surface area contributed by atoms with Crippen LogP contribution in [0.4, 0.5) is 0 Å². The monoisotopic (exact) mass is 237 g/mol. The Hall–Kier alpha value is -0.370. The van der Waals surface area contributed by atoms with E-state index in [-0.39, 0.29) is 5.41 Å². The molecule has 0 spiro atoms. The Labute approximate surface area is 103 Å². The molecule has 2 heteroatoms. The lowest BCUT2D eigenvalue weighted by Gasteiger charge is -2.24. The Morgan fingerprint density at radius 2 is 2.00 bits per heavy atom. The third-order valence-electron chi connectivity index (χ3n) is 3.44. The zero-order valence-corrected chi connectivity index (χ0v) is 11.9. The van der Waals surface area contributed by atoms with Crippen molar-refractivity contribution in [2.45, 2.75) is 65.2 Å². The molecule has 0 N–H and O–H groups in total. The van der Waals surface area contributed by atoms with Crippen molar-refractivity contribution in [3.05, 3.63) is 15.6 Å². The van der Waals surface area contributed by atoms with Gasteiger partial charge in [-0.05, 0) is 25.2 Å². The minimum Gasteiger partial charge on any atom is -0.245 e. The largest absolute Gasteiger partial charge is 0.245 e. The van der Waals surface area contributed by atoms with Crippen molar-refractivity contribution in [1.29, 1.82) is 0 Å². The topological polar surface area (TPSA) is 12.9 Å². The Morgan fingerprint density at radius 3 is 2.56 bits per heavy atom. The van der Waals surface area contributed by atoms with Gasteiger partial charge in [0.25, 0.3) is 0 Å². The van der Waals surface area contributed by atoms with Gasteiger partial charge in [0.05, 0.1) is 10.7 Å². The van der Waals surface area contributed by atoms with Gasteiger partial charge in [-0.2, -0.15) is 0 Å². The maximum atomic E-state index is 4.94. The predicted molar refractivity (Wildman–Crippen MR) is 71.3 cm³/mol. The van der Waals surface area contributed by atoms with Crippen molar-refractivity contribution in [2.24, 2.45) is 5.92 Å². The number of fused-ring (bicyclic) bond motifs is 1. The van der Waals surface area contributed by atoms with Crippen LogP contribution in [-0.2, 0) is 11.8 Å². The number of aromatic nitrogens is 1. The highest BCUT2D eigenvalue weighted by molar-refractivity contribution is 7.11. The SMILES string of the molecule is CC(C)C1CCCc2sc(C(C)(C)C)nc21. The lowest BCUT2D eigenvalue weighted by Crippen LogP contribution is -2.15. The fraction of sp³-hybridized carbons (Fsp3) is 0.786. The summed E-state index contributed by atoms with van der Waals surface area (Å²) < 4.78 is 0. The van der Waals surface area contributed by atoms with Crippen molar-refractivity contribution < 1.29 is 0 Å². The summed E-state index contributed by atoms with van der Waals surface area (Å²) in [7, 11) is 0. The third-order valence-corrected chi connectivity index (χ3v) is 5.00. The fourth-order valence-corrected chi connectivity index (χ4v) is 3.65. The molecule has 90 valence electrons. The summed E-state index contributed by atoms with van der Waals surface area (Å²) in [6.45, 7) is 11.5. The second-order valence-corrected chi connectivity index (χ2v) is 7.40. The average Bonchev–Trinajstić information content (AvgIpc) is 2.59. The maximum Gasteiger partial charge on any atom is 0.0984 e. The Balaban J connectivity index is 2.38. The summed E-state index contributed by atoms with van der Waals surface area (Å²) >= 11 is 1.95.